The lowest BCUT2D eigenvalue weighted by Crippen LogP contribution is -2.23. The number of hydrogen-bond acceptors (Lipinski definition) is 4. The highest BCUT2D eigenvalue weighted by atomic mass is 16.4. The van der Waals surface area contributed by atoms with Gasteiger partial charge in [-0.25, -0.2) is 4.79 Å². The van der Waals surface area contributed by atoms with E-state index in [2.05, 4.69) is 10.2 Å². The topological polar surface area (TPSA) is 79.1 Å². The molecule has 0 aromatic heterocycles. The predicted molar refractivity (Wildman–Crippen MR) is 38.8 cm³/mol. The van der Waals surface area contributed by atoms with Crippen LogP contribution in [-0.4, -0.2) is 29.4 Å². The van der Waals surface area contributed by atoms with E-state index in [1.807, 2.05) is 0 Å². The predicted octanol–water partition coefficient (Wildman–Crippen LogP) is 0.441. The molecule has 1 atom stereocenters. The Bertz CT molecular complexity index is 212. The molecule has 1 N–H and O–H groups in total. The molecule has 5 heteroatoms. The minimum Gasteiger partial charge on any atom is -0.477 e. The molecule has 1 rings (SSSR count). The Kier molecular flexibility index (Phi) is 2.30. The fraction of sp³-hybridized carbons (Fsp3) is 0.667. The second-order valence-corrected chi connectivity index (χ2v) is 2.39. The van der Waals surface area contributed by atoms with Crippen LogP contribution in [0.1, 0.15) is 12.8 Å². The molecule has 1 aliphatic rings. The Hall–Kier alpha value is -1.26. The summed E-state index contributed by atoms with van der Waals surface area (Å²) in [6.07, 6.45) is 0.861. The van der Waals surface area contributed by atoms with Gasteiger partial charge in [0.1, 0.15) is 11.8 Å². The van der Waals surface area contributed by atoms with Crippen LogP contribution in [0, 0.1) is 4.91 Å². The van der Waals surface area contributed by atoms with Gasteiger partial charge in [0.25, 0.3) is 0 Å². The van der Waals surface area contributed by atoms with Crippen LogP contribution in [0.2, 0.25) is 0 Å². The number of aliphatic carboxylic acids is 1. The quantitative estimate of drug-likeness (QED) is 0.589. The van der Waals surface area contributed by atoms with Crippen LogP contribution in [0.4, 0.5) is 0 Å². The van der Waals surface area contributed by atoms with Gasteiger partial charge in [-0.1, -0.05) is 5.18 Å². The zero-order chi connectivity index (χ0) is 8.27. The highest BCUT2D eigenvalue weighted by Gasteiger charge is 2.19. The van der Waals surface area contributed by atoms with E-state index in [4.69, 9.17) is 5.11 Å². The zero-order valence-electron chi connectivity index (χ0n) is 5.86. The van der Waals surface area contributed by atoms with Gasteiger partial charge < -0.3 is 5.11 Å². The maximum absolute atomic E-state index is 10.3. The SMILES string of the molecule is O=NC1CCC(C(=O)O)=NC1. The highest BCUT2D eigenvalue weighted by Crippen LogP contribution is 2.10. The molecule has 0 aromatic rings. The molecule has 0 amide bonds. The van der Waals surface area contributed by atoms with Crippen LogP contribution in [0.3, 0.4) is 0 Å². The number of hydrogen-bond donors (Lipinski definition) is 1. The molecule has 0 saturated heterocycles. The number of nitrogens with zero attached hydrogens (tertiary/aromatic N) is 2. The van der Waals surface area contributed by atoms with Crippen LogP contribution in [0.5, 0.6) is 0 Å². The van der Waals surface area contributed by atoms with Crippen molar-refractivity contribution in [3.8, 4) is 0 Å². The van der Waals surface area contributed by atoms with Crippen molar-refractivity contribution in [1.82, 2.24) is 0 Å². The van der Waals surface area contributed by atoms with Gasteiger partial charge in [-0.05, 0) is 12.8 Å². The summed E-state index contributed by atoms with van der Waals surface area (Å²) in [5.74, 6) is -0.991. The van der Waals surface area contributed by atoms with Gasteiger partial charge in [-0.2, -0.15) is 4.91 Å². The molecule has 0 aromatic carbocycles. The molecule has 0 saturated carbocycles. The largest absolute Gasteiger partial charge is 0.477 e. The van der Waals surface area contributed by atoms with Crippen molar-refractivity contribution in [2.75, 3.05) is 6.54 Å². The summed E-state index contributed by atoms with van der Waals surface area (Å²) in [5, 5.41) is 11.2. The molecule has 60 valence electrons. The Morgan fingerprint density at radius 3 is 2.82 bits per heavy atom. The lowest BCUT2D eigenvalue weighted by atomic mass is 10.1. The minimum atomic E-state index is -0.991. The normalized spacial score (nSPS) is 24.0. The molecule has 0 fully saturated rings. The first-order valence-electron chi connectivity index (χ1n) is 3.33. The van der Waals surface area contributed by atoms with Crippen molar-refractivity contribution in [2.45, 2.75) is 18.9 Å². The second-order valence-electron chi connectivity index (χ2n) is 2.39. The van der Waals surface area contributed by atoms with E-state index in [-0.39, 0.29) is 18.3 Å². The maximum Gasteiger partial charge on any atom is 0.349 e. The van der Waals surface area contributed by atoms with Crippen LogP contribution in [-0.2, 0) is 4.79 Å². The number of aliphatic imine (C=N–C) groups is 1. The average Bonchev–Trinajstić information content (AvgIpc) is 2.05. The Morgan fingerprint density at radius 1 is 1.73 bits per heavy atom. The van der Waals surface area contributed by atoms with E-state index in [0.717, 1.165) is 0 Å². The molecular formula is C6H8N2O3. The Balaban J connectivity index is 2.57. The fourth-order valence-corrected chi connectivity index (χ4v) is 0.950. The molecule has 0 bridgehead atoms. The summed E-state index contributed by atoms with van der Waals surface area (Å²) in [4.78, 5) is 24.0. The lowest BCUT2D eigenvalue weighted by Gasteiger charge is -2.11. The van der Waals surface area contributed by atoms with Crippen molar-refractivity contribution in [1.29, 1.82) is 0 Å². The summed E-state index contributed by atoms with van der Waals surface area (Å²) < 4.78 is 0. The smallest absolute Gasteiger partial charge is 0.349 e. The number of carboxylic acid groups (broad SMARTS) is 1. The maximum atomic E-state index is 10.3. The van der Waals surface area contributed by atoms with Crippen molar-refractivity contribution < 1.29 is 9.90 Å². The standard InChI is InChI=1S/C6H8N2O3/c9-6(10)5-2-1-4(8-11)3-7-5/h4H,1-3H2,(H,9,10). The van der Waals surface area contributed by atoms with Gasteiger partial charge in [-0.3, -0.25) is 4.99 Å². The number of nitroso groups, excluding NO2 is 1. The van der Waals surface area contributed by atoms with Crippen LogP contribution < -0.4 is 0 Å². The molecule has 11 heavy (non-hydrogen) atoms. The van der Waals surface area contributed by atoms with Crippen molar-refractivity contribution in [3.63, 3.8) is 0 Å². The van der Waals surface area contributed by atoms with Crippen molar-refractivity contribution >= 4 is 11.7 Å². The number of rotatable bonds is 2. The molecule has 0 radical (unpaired) electrons. The van der Waals surface area contributed by atoms with Crippen LogP contribution >= 0.6 is 0 Å². The zero-order valence-corrected chi connectivity index (χ0v) is 5.86. The van der Waals surface area contributed by atoms with E-state index < -0.39 is 5.97 Å². The summed E-state index contributed by atoms with van der Waals surface area (Å²) in [6, 6.07) is -0.321. The average molecular weight is 156 g/mol. The lowest BCUT2D eigenvalue weighted by molar-refractivity contribution is -0.129. The molecule has 1 unspecified atom stereocenters. The number of carboxylic acids is 1. The van der Waals surface area contributed by atoms with Gasteiger partial charge >= 0.3 is 5.97 Å². The first kappa shape index (κ1) is 7.84. The summed E-state index contributed by atoms with van der Waals surface area (Å²) >= 11 is 0. The fourth-order valence-electron chi connectivity index (χ4n) is 0.950. The monoisotopic (exact) mass is 156 g/mol. The molecule has 5 nitrogen and oxygen atoms in total. The molecule has 1 heterocycles. The minimum absolute atomic E-state index is 0.157. The van der Waals surface area contributed by atoms with Crippen molar-refractivity contribution in [3.05, 3.63) is 4.91 Å². The van der Waals surface area contributed by atoms with Gasteiger partial charge in [0.2, 0.25) is 0 Å². The highest BCUT2D eigenvalue weighted by molar-refractivity contribution is 6.35. The molecule has 1 aliphatic heterocycles. The van der Waals surface area contributed by atoms with E-state index in [9.17, 15) is 9.70 Å². The van der Waals surface area contributed by atoms with Crippen LogP contribution in [0.25, 0.3) is 0 Å². The first-order valence-corrected chi connectivity index (χ1v) is 3.33. The van der Waals surface area contributed by atoms with E-state index in [1.165, 1.54) is 0 Å². The third-order valence-electron chi connectivity index (χ3n) is 1.60. The van der Waals surface area contributed by atoms with Crippen molar-refractivity contribution in [2.24, 2.45) is 10.2 Å². The van der Waals surface area contributed by atoms with E-state index in [1.54, 1.807) is 0 Å². The first-order chi connectivity index (χ1) is 5.24. The third-order valence-corrected chi connectivity index (χ3v) is 1.60. The summed E-state index contributed by atoms with van der Waals surface area (Å²) in [5.41, 5.74) is 0.157. The summed E-state index contributed by atoms with van der Waals surface area (Å²) in [7, 11) is 0. The molecule has 0 aliphatic carbocycles. The van der Waals surface area contributed by atoms with E-state index >= 15 is 0 Å². The summed E-state index contributed by atoms with van der Waals surface area (Å²) in [6.45, 7) is 0.227. The van der Waals surface area contributed by atoms with Gasteiger partial charge in [-0.15, -0.1) is 0 Å². The number of carbonyl (C=O) groups is 1. The Labute approximate surface area is 63.1 Å². The molecular weight excluding hydrogens is 148 g/mol. The molecule has 0 spiro atoms. The van der Waals surface area contributed by atoms with Gasteiger partial charge in [0, 0.05) is 0 Å². The van der Waals surface area contributed by atoms with Gasteiger partial charge in [0.15, 0.2) is 0 Å². The van der Waals surface area contributed by atoms with E-state index in [0.29, 0.717) is 12.8 Å². The third kappa shape index (κ3) is 1.83. The Morgan fingerprint density at radius 2 is 2.45 bits per heavy atom. The van der Waals surface area contributed by atoms with Crippen LogP contribution in [0.15, 0.2) is 10.2 Å². The van der Waals surface area contributed by atoms with Gasteiger partial charge in [0.05, 0.1) is 6.54 Å². The second kappa shape index (κ2) is 3.23.